The minimum atomic E-state index is 0.0304. The van der Waals surface area contributed by atoms with Crippen LogP contribution < -0.4 is 10.2 Å². The summed E-state index contributed by atoms with van der Waals surface area (Å²) in [7, 11) is 0. The van der Waals surface area contributed by atoms with Gasteiger partial charge < -0.3 is 10.2 Å². The lowest BCUT2D eigenvalue weighted by molar-refractivity contribution is -0.124. The fourth-order valence-corrected chi connectivity index (χ4v) is 2.51. The molecule has 20 heavy (non-hydrogen) atoms. The van der Waals surface area contributed by atoms with E-state index in [4.69, 9.17) is 0 Å². The van der Waals surface area contributed by atoms with Crippen LogP contribution in [0.5, 0.6) is 0 Å². The fraction of sp³-hybridized carbons (Fsp3) is 0.500. The minimum absolute atomic E-state index is 0.0304. The van der Waals surface area contributed by atoms with Crippen LogP contribution in [0.1, 0.15) is 20.3 Å². The normalized spacial score (nSPS) is 18.9. The first-order valence-electron chi connectivity index (χ1n) is 6.99. The molecule has 0 aliphatic carbocycles. The summed E-state index contributed by atoms with van der Waals surface area (Å²) < 4.78 is 1.84. The Bertz CT molecular complexity index is 621. The molecule has 1 aliphatic rings. The molecule has 1 N–H and O–H groups in total. The lowest BCUT2D eigenvalue weighted by Gasteiger charge is -2.20. The van der Waals surface area contributed by atoms with Crippen LogP contribution in [0.25, 0.3) is 5.65 Å². The highest BCUT2D eigenvalue weighted by Crippen LogP contribution is 2.20. The summed E-state index contributed by atoms with van der Waals surface area (Å²) in [6.07, 6.45) is 4.51. The van der Waals surface area contributed by atoms with Gasteiger partial charge >= 0.3 is 0 Å². The summed E-state index contributed by atoms with van der Waals surface area (Å²) in [4.78, 5) is 18.3. The molecule has 3 rings (SSSR count). The molecule has 1 atom stereocenters. The van der Waals surface area contributed by atoms with Gasteiger partial charge in [0.2, 0.25) is 5.91 Å². The molecule has 6 nitrogen and oxygen atoms in total. The first-order chi connectivity index (χ1) is 9.65. The van der Waals surface area contributed by atoms with Crippen molar-refractivity contribution in [2.24, 2.45) is 5.92 Å². The number of carbonyl (C=O) groups is 1. The second-order valence-electron chi connectivity index (χ2n) is 5.50. The maximum Gasteiger partial charge on any atom is 0.222 e. The number of carbonyl (C=O) groups excluding carboxylic acids is 1. The van der Waals surface area contributed by atoms with Gasteiger partial charge in [-0.3, -0.25) is 4.79 Å². The van der Waals surface area contributed by atoms with Crippen LogP contribution in [0.15, 0.2) is 24.5 Å². The van der Waals surface area contributed by atoms with Crippen LogP contribution in [0.3, 0.4) is 0 Å². The first-order valence-corrected chi connectivity index (χ1v) is 6.99. The van der Waals surface area contributed by atoms with Gasteiger partial charge in [-0.1, -0.05) is 13.8 Å². The highest BCUT2D eigenvalue weighted by Gasteiger charge is 2.26. The average Bonchev–Trinajstić information content (AvgIpc) is 3.06. The van der Waals surface area contributed by atoms with Gasteiger partial charge in [0.1, 0.15) is 5.82 Å². The number of anilines is 1. The summed E-state index contributed by atoms with van der Waals surface area (Å²) in [5.74, 6) is 1.18. The lowest BCUT2D eigenvalue weighted by atomic mass is 10.2. The molecule has 106 valence electrons. The number of hydrogen-bond acceptors (Lipinski definition) is 4. The van der Waals surface area contributed by atoms with E-state index in [1.807, 2.05) is 30.5 Å². The third kappa shape index (κ3) is 2.33. The van der Waals surface area contributed by atoms with Crippen molar-refractivity contribution in [2.45, 2.75) is 26.3 Å². The molecule has 1 fully saturated rings. The number of aromatic nitrogens is 3. The Hall–Kier alpha value is -2.11. The van der Waals surface area contributed by atoms with Crippen molar-refractivity contribution in [3.8, 4) is 0 Å². The Morgan fingerprint density at radius 2 is 2.25 bits per heavy atom. The van der Waals surface area contributed by atoms with Crippen LogP contribution in [0.2, 0.25) is 0 Å². The molecule has 0 aromatic carbocycles. The molecule has 1 amide bonds. The Morgan fingerprint density at radius 3 is 3.05 bits per heavy atom. The number of fused-ring (bicyclic) bond motifs is 1. The Morgan fingerprint density at radius 1 is 1.40 bits per heavy atom. The van der Waals surface area contributed by atoms with E-state index < -0.39 is 0 Å². The molecule has 1 saturated heterocycles. The Kier molecular flexibility index (Phi) is 3.30. The van der Waals surface area contributed by atoms with Crippen LogP contribution in [0.4, 0.5) is 5.82 Å². The zero-order valence-corrected chi connectivity index (χ0v) is 11.8. The molecule has 6 heteroatoms. The Labute approximate surface area is 117 Å². The highest BCUT2D eigenvalue weighted by atomic mass is 16.1. The molecule has 1 unspecified atom stereocenters. The van der Waals surface area contributed by atoms with E-state index in [-0.39, 0.29) is 17.9 Å². The molecular formula is C14H19N5O. The SMILES string of the molecule is CC(C)C(=O)NC1CCN(c2ccnc3ccnn23)C1. The number of nitrogens with zero attached hydrogens (tertiary/aromatic N) is 4. The number of rotatable bonds is 3. The zero-order chi connectivity index (χ0) is 14.1. The monoisotopic (exact) mass is 273 g/mol. The maximum absolute atomic E-state index is 11.8. The summed E-state index contributed by atoms with van der Waals surface area (Å²) >= 11 is 0. The average molecular weight is 273 g/mol. The summed E-state index contributed by atoms with van der Waals surface area (Å²) in [6, 6.07) is 4.06. The van der Waals surface area contributed by atoms with Crippen molar-refractivity contribution < 1.29 is 4.79 Å². The van der Waals surface area contributed by atoms with E-state index in [0.29, 0.717) is 0 Å². The third-order valence-electron chi connectivity index (χ3n) is 3.65. The Balaban J connectivity index is 1.74. The third-order valence-corrected chi connectivity index (χ3v) is 3.65. The quantitative estimate of drug-likeness (QED) is 0.909. The summed E-state index contributed by atoms with van der Waals surface area (Å²) in [5, 5.41) is 7.40. The van der Waals surface area contributed by atoms with E-state index >= 15 is 0 Å². The maximum atomic E-state index is 11.8. The van der Waals surface area contributed by atoms with Gasteiger partial charge in [0.15, 0.2) is 5.65 Å². The predicted molar refractivity (Wildman–Crippen MR) is 76.6 cm³/mol. The van der Waals surface area contributed by atoms with E-state index in [9.17, 15) is 4.79 Å². The molecule has 0 saturated carbocycles. The van der Waals surface area contributed by atoms with Gasteiger partial charge in [-0.15, -0.1) is 0 Å². The van der Waals surface area contributed by atoms with Crippen molar-refractivity contribution in [3.63, 3.8) is 0 Å². The van der Waals surface area contributed by atoms with E-state index in [1.165, 1.54) is 0 Å². The molecule has 0 bridgehead atoms. The largest absolute Gasteiger partial charge is 0.354 e. The molecule has 1 aliphatic heterocycles. The number of hydrogen-bond donors (Lipinski definition) is 1. The standard InChI is InChI=1S/C14H19N5O/c1-10(2)14(20)17-11-5-8-18(9-11)13-4-6-15-12-3-7-16-19(12)13/h3-4,6-7,10-11H,5,8-9H2,1-2H3,(H,17,20). The van der Waals surface area contributed by atoms with Crippen LogP contribution >= 0.6 is 0 Å². The van der Waals surface area contributed by atoms with Gasteiger partial charge in [-0.05, 0) is 12.5 Å². The van der Waals surface area contributed by atoms with Gasteiger partial charge in [-0.2, -0.15) is 9.61 Å². The van der Waals surface area contributed by atoms with Crippen molar-refractivity contribution in [3.05, 3.63) is 24.5 Å². The van der Waals surface area contributed by atoms with Crippen molar-refractivity contribution in [1.82, 2.24) is 19.9 Å². The molecule has 3 heterocycles. The second kappa shape index (κ2) is 5.11. The highest BCUT2D eigenvalue weighted by molar-refractivity contribution is 5.78. The van der Waals surface area contributed by atoms with Crippen molar-refractivity contribution in [2.75, 3.05) is 18.0 Å². The summed E-state index contributed by atoms with van der Waals surface area (Å²) in [5.41, 5.74) is 0.845. The van der Waals surface area contributed by atoms with Crippen molar-refractivity contribution >= 4 is 17.4 Å². The minimum Gasteiger partial charge on any atom is -0.354 e. The van der Waals surface area contributed by atoms with Crippen LogP contribution in [-0.4, -0.2) is 39.6 Å². The van der Waals surface area contributed by atoms with E-state index in [1.54, 1.807) is 12.4 Å². The lowest BCUT2D eigenvalue weighted by Crippen LogP contribution is -2.39. The summed E-state index contributed by atoms with van der Waals surface area (Å²) in [6.45, 7) is 5.57. The predicted octanol–water partition coefficient (Wildman–Crippen LogP) is 1.08. The van der Waals surface area contributed by atoms with Gasteiger partial charge in [0.05, 0.1) is 6.20 Å². The van der Waals surface area contributed by atoms with E-state index in [2.05, 4.69) is 20.3 Å². The zero-order valence-electron chi connectivity index (χ0n) is 11.8. The van der Waals surface area contributed by atoms with E-state index in [0.717, 1.165) is 31.0 Å². The number of nitrogens with one attached hydrogen (secondary N) is 1. The molecular weight excluding hydrogens is 254 g/mol. The molecule has 2 aromatic heterocycles. The van der Waals surface area contributed by atoms with Gasteiger partial charge in [-0.25, -0.2) is 4.98 Å². The smallest absolute Gasteiger partial charge is 0.222 e. The van der Waals surface area contributed by atoms with Crippen molar-refractivity contribution in [1.29, 1.82) is 0 Å². The first kappa shape index (κ1) is 12.9. The fourth-order valence-electron chi connectivity index (χ4n) is 2.51. The molecule has 0 spiro atoms. The topological polar surface area (TPSA) is 62.5 Å². The molecule has 0 radical (unpaired) electrons. The number of amides is 1. The molecule has 2 aromatic rings. The second-order valence-corrected chi connectivity index (χ2v) is 5.50. The van der Waals surface area contributed by atoms with Crippen LogP contribution in [0, 0.1) is 5.92 Å². The van der Waals surface area contributed by atoms with Crippen LogP contribution in [-0.2, 0) is 4.79 Å². The van der Waals surface area contributed by atoms with Gasteiger partial charge in [0.25, 0.3) is 0 Å². The van der Waals surface area contributed by atoms with Gasteiger partial charge in [0, 0.05) is 37.3 Å².